The Morgan fingerprint density at radius 1 is 0.958 bits per heavy atom. The topological polar surface area (TPSA) is 159 Å². The van der Waals surface area contributed by atoms with Gasteiger partial charge in [-0.05, 0) is 56.5 Å². The molecule has 3 aromatic rings. The standard InChI is InChI=1S/C33H45FN10O4/c1-5-44-26(13-14-36-44)30(45)39-29(22-9-7-6-8-10-22)32(47)37-25-12-11-23(19-24(25)34)21(2)28(33(48)43-17-15-41(3)16-18-43)38-31(46)27-20-35-40-42(27)4/h11-14,19-22,28-29H,5-10,15-18H2,1-4H3,(H,37,47)(H,38,46)(H,39,45). The maximum atomic E-state index is 15.7. The molecule has 1 aromatic carbocycles. The Balaban J connectivity index is 1.34. The first kappa shape index (κ1) is 34.7. The summed E-state index contributed by atoms with van der Waals surface area (Å²) in [6, 6.07) is 4.10. The average molecular weight is 665 g/mol. The van der Waals surface area contributed by atoms with Crippen LogP contribution in [0.15, 0.2) is 36.7 Å². The van der Waals surface area contributed by atoms with Crippen molar-refractivity contribution in [1.29, 1.82) is 0 Å². The quantitative estimate of drug-likeness (QED) is 0.281. The van der Waals surface area contributed by atoms with Gasteiger partial charge in [-0.3, -0.25) is 23.9 Å². The van der Waals surface area contributed by atoms with Gasteiger partial charge in [0, 0.05) is 51.9 Å². The molecule has 2 fully saturated rings. The zero-order chi connectivity index (χ0) is 34.4. The van der Waals surface area contributed by atoms with Gasteiger partial charge in [-0.15, -0.1) is 5.10 Å². The maximum Gasteiger partial charge on any atom is 0.271 e. The second kappa shape index (κ2) is 15.5. The van der Waals surface area contributed by atoms with E-state index in [1.54, 1.807) is 35.7 Å². The summed E-state index contributed by atoms with van der Waals surface area (Å²) in [6.07, 6.45) is 7.35. The first-order valence-corrected chi connectivity index (χ1v) is 16.6. The summed E-state index contributed by atoms with van der Waals surface area (Å²) in [4.78, 5) is 57.7. The number of aryl methyl sites for hydroxylation is 2. The Hall–Kier alpha value is -4.66. The highest BCUT2D eigenvalue weighted by Crippen LogP contribution is 2.29. The fourth-order valence-electron chi connectivity index (χ4n) is 6.51. The van der Waals surface area contributed by atoms with Crippen LogP contribution >= 0.6 is 0 Å². The first-order chi connectivity index (χ1) is 23.1. The highest BCUT2D eigenvalue weighted by atomic mass is 19.1. The van der Waals surface area contributed by atoms with E-state index in [4.69, 9.17) is 0 Å². The van der Waals surface area contributed by atoms with Crippen LogP contribution in [0.5, 0.6) is 0 Å². The Labute approximate surface area is 279 Å². The molecule has 1 aliphatic heterocycles. The number of carbonyl (C=O) groups is 4. The van der Waals surface area contributed by atoms with E-state index >= 15 is 4.39 Å². The molecule has 1 aliphatic carbocycles. The Kier molecular flexibility index (Phi) is 11.2. The number of hydrogen-bond acceptors (Lipinski definition) is 8. The summed E-state index contributed by atoms with van der Waals surface area (Å²) in [5, 5.41) is 20.2. The SMILES string of the molecule is CCn1nccc1C(=O)NC(C(=O)Nc1ccc(C(C)C(NC(=O)c2cnnn2C)C(=O)N2CCN(C)CC2)cc1F)C1CCCCC1. The van der Waals surface area contributed by atoms with Crippen molar-refractivity contribution in [3.05, 3.63) is 59.4 Å². The van der Waals surface area contributed by atoms with Crippen molar-refractivity contribution in [2.75, 3.05) is 38.5 Å². The summed E-state index contributed by atoms with van der Waals surface area (Å²) >= 11 is 0. The summed E-state index contributed by atoms with van der Waals surface area (Å²) < 4.78 is 18.6. The number of aromatic nitrogens is 5. The van der Waals surface area contributed by atoms with Gasteiger partial charge < -0.3 is 25.8 Å². The molecule has 3 N–H and O–H groups in total. The summed E-state index contributed by atoms with van der Waals surface area (Å²) in [5.41, 5.74) is 0.951. The number of piperazine rings is 1. The number of halogens is 1. The molecule has 0 spiro atoms. The largest absolute Gasteiger partial charge is 0.339 e. The lowest BCUT2D eigenvalue weighted by molar-refractivity contribution is -0.135. The van der Waals surface area contributed by atoms with Crippen molar-refractivity contribution < 1.29 is 23.6 Å². The smallest absolute Gasteiger partial charge is 0.271 e. The van der Waals surface area contributed by atoms with E-state index in [0.717, 1.165) is 32.1 Å². The Morgan fingerprint density at radius 3 is 2.31 bits per heavy atom. The zero-order valence-electron chi connectivity index (χ0n) is 28.0. The predicted octanol–water partition coefficient (Wildman–Crippen LogP) is 2.16. The highest BCUT2D eigenvalue weighted by Gasteiger charge is 2.35. The Bertz CT molecular complexity index is 1610. The Morgan fingerprint density at radius 2 is 1.67 bits per heavy atom. The molecule has 14 nitrogen and oxygen atoms in total. The second-order valence-corrected chi connectivity index (χ2v) is 12.7. The van der Waals surface area contributed by atoms with Crippen LogP contribution in [0, 0.1) is 11.7 Å². The molecule has 3 unspecified atom stereocenters. The lowest BCUT2D eigenvalue weighted by Crippen LogP contribution is -2.55. The van der Waals surface area contributed by atoms with Crippen LogP contribution in [-0.2, 0) is 23.2 Å². The first-order valence-electron chi connectivity index (χ1n) is 16.6. The van der Waals surface area contributed by atoms with E-state index in [2.05, 4.69) is 36.3 Å². The molecule has 5 rings (SSSR count). The van der Waals surface area contributed by atoms with Gasteiger partial charge in [0.1, 0.15) is 29.3 Å². The number of hydrogen-bond donors (Lipinski definition) is 3. The minimum absolute atomic E-state index is 0.0449. The van der Waals surface area contributed by atoms with Crippen LogP contribution < -0.4 is 16.0 Å². The lowest BCUT2D eigenvalue weighted by atomic mass is 9.83. The van der Waals surface area contributed by atoms with E-state index in [1.807, 2.05) is 14.0 Å². The van der Waals surface area contributed by atoms with Gasteiger partial charge in [0.25, 0.3) is 11.8 Å². The van der Waals surface area contributed by atoms with Crippen molar-refractivity contribution in [2.45, 2.75) is 70.5 Å². The molecule has 0 radical (unpaired) electrons. The van der Waals surface area contributed by atoms with Crippen LogP contribution in [0.1, 0.15) is 78.4 Å². The molecule has 2 aromatic heterocycles. The average Bonchev–Trinajstić information content (AvgIpc) is 3.76. The lowest BCUT2D eigenvalue weighted by Gasteiger charge is -2.36. The monoisotopic (exact) mass is 664 g/mol. The molecular weight excluding hydrogens is 619 g/mol. The molecule has 2 aliphatic rings. The van der Waals surface area contributed by atoms with Crippen LogP contribution in [0.2, 0.25) is 0 Å². The van der Waals surface area contributed by atoms with Gasteiger partial charge in [-0.2, -0.15) is 5.10 Å². The van der Waals surface area contributed by atoms with Crippen molar-refractivity contribution in [2.24, 2.45) is 13.0 Å². The van der Waals surface area contributed by atoms with Crippen molar-refractivity contribution in [3.8, 4) is 0 Å². The fourth-order valence-corrected chi connectivity index (χ4v) is 6.51. The van der Waals surface area contributed by atoms with Gasteiger partial charge in [0.2, 0.25) is 11.8 Å². The van der Waals surface area contributed by atoms with E-state index in [-0.39, 0.29) is 23.2 Å². The third-order valence-corrected chi connectivity index (χ3v) is 9.53. The van der Waals surface area contributed by atoms with Crippen LogP contribution in [0.4, 0.5) is 10.1 Å². The molecule has 1 saturated heterocycles. The molecule has 48 heavy (non-hydrogen) atoms. The third-order valence-electron chi connectivity index (χ3n) is 9.53. The normalized spacial score (nSPS) is 17.7. The third kappa shape index (κ3) is 7.89. The highest BCUT2D eigenvalue weighted by molar-refractivity contribution is 6.01. The number of carbonyl (C=O) groups excluding carboxylic acids is 4. The van der Waals surface area contributed by atoms with Gasteiger partial charge in [0.05, 0.1) is 11.9 Å². The van der Waals surface area contributed by atoms with Gasteiger partial charge >= 0.3 is 0 Å². The number of nitrogens with one attached hydrogen (secondary N) is 3. The van der Waals surface area contributed by atoms with Crippen LogP contribution in [0.25, 0.3) is 0 Å². The maximum absolute atomic E-state index is 15.7. The number of amides is 4. The van der Waals surface area contributed by atoms with E-state index in [0.29, 0.717) is 44.0 Å². The summed E-state index contributed by atoms with van der Waals surface area (Å²) in [5.74, 6) is -3.13. The molecule has 1 saturated carbocycles. The summed E-state index contributed by atoms with van der Waals surface area (Å²) in [7, 11) is 3.56. The van der Waals surface area contributed by atoms with E-state index in [1.165, 1.54) is 29.2 Å². The number of rotatable bonds is 11. The van der Waals surface area contributed by atoms with Crippen molar-refractivity contribution >= 4 is 29.3 Å². The van der Waals surface area contributed by atoms with Gasteiger partial charge in [-0.25, -0.2) is 9.07 Å². The molecule has 4 amide bonds. The number of anilines is 1. The van der Waals surface area contributed by atoms with E-state index in [9.17, 15) is 19.2 Å². The van der Waals surface area contributed by atoms with Crippen molar-refractivity contribution in [3.63, 3.8) is 0 Å². The van der Waals surface area contributed by atoms with Crippen LogP contribution in [-0.4, -0.2) is 104 Å². The minimum atomic E-state index is -1.00. The number of benzene rings is 1. The minimum Gasteiger partial charge on any atom is -0.339 e. The summed E-state index contributed by atoms with van der Waals surface area (Å²) in [6.45, 7) is 6.52. The van der Waals surface area contributed by atoms with Crippen molar-refractivity contribution in [1.82, 2.24) is 45.2 Å². The number of nitrogens with zero attached hydrogens (tertiary/aromatic N) is 7. The zero-order valence-corrected chi connectivity index (χ0v) is 28.0. The van der Waals surface area contributed by atoms with E-state index < -0.39 is 41.5 Å². The van der Waals surface area contributed by atoms with Gasteiger partial charge in [-0.1, -0.05) is 37.5 Å². The second-order valence-electron chi connectivity index (χ2n) is 12.7. The molecule has 3 heterocycles. The fraction of sp³-hybridized carbons (Fsp3) is 0.545. The molecule has 258 valence electrons. The molecule has 3 atom stereocenters. The number of likely N-dealkylation sites (N-methyl/N-ethyl adjacent to an activating group) is 1. The predicted molar refractivity (Wildman–Crippen MR) is 176 cm³/mol. The molecular formula is C33H45FN10O4. The van der Waals surface area contributed by atoms with Gasteiger partial charge in [0.15, 0.2) is 0 Å². The molecule has 15 heteroatoms. The van der Waals surface area contributed by atoms with Crippen LogP contribution in [0.3, 0.4) is 0 Å². The molecule has 0 bridgehead atoms.